The van der Waals surface area contributed by atoms with E-state index >= 15 is 0 Å². The van der Waals surface area contributed by atoms with Gasteiger partial charge in [0.2, 0.25) is 0 Å². The van der Waals surface area contributed by atoms with Crippen LogP contribution in [0.4, 0.5) is 0 Å². The van der Waals surface area contributed by atoms with Crippen LogP contribution in [0, 0.1) is 0 Å². The van der Waals surface area contributed by atoms with Crippen LogP contribution in [0.25, 0.3) is 0 Å². The van der Waals surface area contributed by atoms with Crippen LogP contribution in [0.15, 0.2) is 146 Å². The molecule has 0 N–H and O–H groups in total. The molecule has 3 aromatic carbocycles. The number of nitrogens with zero attached hydrogens (tertiary/aromatic N) is 4. The van der Waals surface area contributed by atoms with E-state index in [4.69, 9.17) is 14.2 Å². The van der Waals surface area contributed by atoms with E-state index < -0.39 is 17.9 Å². The van der Waals surface area contributed by atoms with Crippen LogP contribution in [-0.4, -0.2) is 37.8 Å². The van der Waals surface area contributed by atoms with Gasteiger partial charge in [0.1, 0.15) is 19.8 Å². The molecule has 6 rings (SSSR count). The maximum atomic E-state index is 12.7. The lowest BCUT2D eigenvalue weighted by molar-refractivity contribution is 0.0463. The largest absolute Gasteiger partial charge is 0.457 e. The third-order valence-electron chi connectivity index (χ3n) is 7.98. The van der Waals surface area contributed by atoms with Gasteiger partial charge in [-0.25, -0.2) is 14.4 Å². The van der Waals surface area contributed by atoms with Gasteiger partial charge in [0, 0.05) is 38.2 Å². The number of hydrogen-bond acceptors (Lipinski definition) is 10. The average Bonchev–Trinajstić information content (AvgIpc) is 3.20. The molecule has 0 aliphatic heterocycles. The summed E-state index contributed by atoms with van der Waals surface area (Å²) in [6.07, 6.45) is 4.51. The molecule has 3 heterocycles. The lowest BCUT2D eigenvalue weighted by Crippen LogP contribution is -2.24. The van der Waals surface area contributed by atoms with E-state index in [-0.39, 0.29) is 19.8 Å². The zero-order valence-corrected chi connectivity index (χ0v) is 28.3. The van der Waals surface area contributed by atoms with Crippen LogP contribution >= 0.6 is 0 Å². The fraction of sp³-hybridized carbons (Fsp3) is 0.143. The van der Waals surface area contributed by atoms with Crippen LogP contribution in [-0.2, 0) is 53.7 Å². The van der Waals surface area contributed by atoms with Crippen molar-refractivity contribution in [1.82, 2.24) is 19.9 Å². The molecule has 0 saturated carbocycles. The van der Waals surface area contributed by atoms with Gasteiger partial charge in [0.05, 0.1) is 33.8 Å². The van der Waals surface area contributed by atoms with Crippen molar-refractivity contribution < 1.29 is 28.6 Å². The average molecular weight is 693 g/mol. The lowest BCUT2D eigenvalue weighted by atomic mass is 10.2. The quantitative estimate of drug-likeness (QED) is 0.0811. The van der Waals surface area contributed by atoms with E-state index in [1.807, 2.05) is 91.0 Å². The molecule has 0 amide bonds. The highest BCUT2D eigenvalue weighted by atomic mass is 16.5. The van der Waals surface area contributed by atoms with Crippen molar-refractivity contribution in [1.29, 1.82) is 0 Å². The lowest BCUT2D eigenvalue weighted by Gasteiger charge is -2.21. The monoisotopic (exact) mass is 692 g/mol. The number of esters is 3. The van der Waals surface area contributed by atoms with E-state index in [9.17, 15) is 14.4 Å². The Bertz CT molecular complexity index is 1800. The predicted octanol–water partition coefficient (Wildman–Crippen LogP) is 7.15. The van der Waals surface area contributed by atoms with Gasteiger partial charge in [-0.1, -0.05) is 91.0 Å². The minimum atomic E-state index is -0.460. The van der Waals surface area contributed by atoms with Crippen molar-refractivity contribution in [3.05, 3.63) is 196 Å². The number of pyridine rings is 3. The fourth-order valence-corrected chi connectivity index (χ4v) is 5.19. The van der Waals surface area contributed by atoms with Crippen molar-refractivity contribution >= 4 is 17.9 Å². The number of rotatable bonds is 15. The summed E-state index contributed by atoms with van der Waals surface area (Å²) in [7, 11) is 0. The minimum Gasteiger partial charge on any atom is -0.457 e. The van der Waals surface area contributed by atoms with Gasteiger partial charge >= 0.3 is 17.9 Å². The van der Waals surface area contributed by atoms with Crippen molar-refractivity contribution in [3.8, 4) is 0 Å². The number of aromatic nitrogens is 3. The Morgan fingerprint density at radius 1 is 0.404 bits per heavy atom. The summed E-state index contributed by atoms with van der Waals surface area (Å²) in [5.41, 5.74) is 5.86. The molecule has 0 spiro atoms. The molecule has 0 aliphatic rings. The second-order valence-electron chi connectivity index (χ2n) is 11.9. The van der Waals surface area contributed by atoms with Crippen molar-refractivity contribution in [2.24, 2.45) is 0 Å². The molecule has 10 nitrogen and oxygen atoms in total. The Balaban J connectivity index is 1.11. The van der Waals surface area contributed by atoms with Crippen LogP contribution in [0.1, 0.15) is 64.8 Å². The minimum absolute atomic E-state index is 0.169. The van der Waals surface area contributed by atoms with Gasteiger partial charge in [-0.15, -0.1) is 0 Å². The highest BCUT2D eigenvalue weighted by Gasteiger charge is 2.16. The summed E-state index contributed by atoms with van der Waals surface area (Å²) in [6.45, 7) is 1.69. The number of hydrogen-bond donors (Lipinski definition) is 0. The molecule has 260 valence electrons. The molecule has 3 aromatic heterocycles. The van der Waals surface area contributed by atoms with Gasteiger partial charge in [-0.05, 0) is 53.1 Å². The molecule has 0 radical (unpaired) electrons. The van der Waals surface area contributed by atoms with Crippen molar-refractivity contribution in [2.45, 2.75) is 39.5 Å². The molecular formula is C42H36N4O6. The van der Waals surface area contributed by atoms with Gasteiger partial charge < -0.3 is 14.2 Å². The first kappa shape index (κ1) is 35.3. The zero-order chi connectivity index (χ0) is 36.0. The van der Waals surface area contributed by atoms with E-state index in [1.165, 1.54) is 18.6 Å². The normalized spacial score (nSPS) is 10.8. The first-order valence-corrected chi connectivity index (χ1v) is 16.7. The molecule has 0 aliphatic carbocycles. The second kappa shape index (κ2) is 17.9. The molecule has 0 fully saturated rings. The molecule has 0 atom stereocenters. The fourth-order valence-electron chi connectivity index (χ4n) is 5.19. The third-order valence-corrected chi connectivity index (χ3v) is 7.98. The summed E-state index contributed by atoms with van der Waals surface area (Å²) >= 11 is 0. The second-order valence-corrected chi connectivity index (χ2v) is 11.9. The molecule has 0 unspecified atom stereocenters. The predicted molar refractivity (Wildman–Crippen MR) is 192 cm³/mol. The van der Waals surface area contributed by atoms with Crippen LogP contribution in [0.5, 0.6) is 0 Å². The van der Waals surface area contributed by atoms with E-state index in [2.05, 4.69) is 19.9 Å². The summed E-state index contributed by atoms with van der Waals surface area (Å²) < 4.78 is 16.3. The van der Waals surface area contributed by atoms with Gasteiger partial charge in [0.15, 0.2) is 0 Å². The Morgan fingerprint density at radius 2 is 0.692 bits per heavy atom. The summed E-state index contributed by atoms with van der Waals surface area (Å²) in [5.74, 6) is -1.38. The molecule has 6 aromatic rings. The van der Waals surface area contributed by atoms with Gasteiger partial charge in [-0.3, -0.25) is 19.9 Å². The Labute approximate surface area is 301 Å². The highest BCUT2D eigenvalue weighted by molar-refractivity contribution is 5.90. The molecule has 52 heavy (non-hydrogen) atoms. The van der Waals surface area contributed by atoms with E-state index in [0.29, 0.717) is 53.4 Å². The first-order valence-electron chi connectivity index (χ1n) is 16.7. The van der Waals surface area contributed by atoms with E-state index in [1.54, 1.807) is 36.4 Å². The van der Waals surface area contributed by atoms with Gasteiger partial charge in [-0.2, -0.15) is 0 Å². The topological polar surface area (TPSA) is 121 Å². The number of ether oxygens (including phenoxy) is 3. The van der Waals surface area contributed by atoms with Crippen molar-refractivity contribution in [3.63, 3.8) is 0 Å². The SMILES string of the molecule is O=C(OCc1ccccc1)c1ccc(CN(Cc2ccc(C(=O)OCc3ccccc3)cn2)Cc2ccc(C(=O)OCc3ccccc3)cn2)nc1. The number of carbonyl (C=O) groups is 3. The summed E-state index contributed by atoms with van der Waals surface area (Å²) in [5, 5.41) is 0. The first-order chi connectivity index (χ1) is 25.5. The Kier molecular flexibility index (Phi) is 12.2. The number of carbonyl (C=O) groups excluding carboxylic acids is 3. The highest BCUT2D eigenvalue weighted by Crippen LogP contribution is 2.15. The number of benzene rings is 3. The van der Waals surface area contributed by atoms with E-state index in [0.717, 1.165) is 16.7 Å². The van der Waals surface area contributed by atoms with Crippen LogP contribution in [0.3, 0.4) is 0 Å². The maximum absolute atomic E-state index is 12.7. The maximum Gasteiger partial charge on any atom is 0.340 e. The molecule has 0 bridgehead atoms. The standard InChI is InChI=1S/C42H36N4O6/c47-40(50-28-31-10-4-1-5-11-31)34-16-19-37(43-22-34)25-46(26-38-20-17-35(23-44-38)41(48)51-29-32-12-6-2-7-13-32)27-39-21-18-36(24-45-39)42(49)52-30-33-14-8-3-9-15-33/h1-24H,25-30H2. The zero-order valence-electron chi connectivity index (χ0n) is 28.3. The Hall–Kier alpha value is -6.52. The van der Waals surface area contributed by atoms with Crippen LogP contribution in [0.2, 0.25) is 0 Å². The third kappa shape index (κ3) is 10.5. The Morgan fingerprint density at radius 3 is 0.942 bits per heavy atom. The molecular weight excluding hydrogens is 656 g/mol. The van der Waals surface area contributed by atoms with Crippen molar-refractivity contribution in [2.75, 3.05) is 0 Å². The molecule has 0 saturated heterocycles. The smallest absolute Gasteiger partial charge is 0.340 e. The molecule has 10 heteroatoms. The summed E-state index contributed by atoms with van der Waals surface area (Å²) in [6, 6.07) is 38.8. The van der Waals surface area contributed by atoms with Gasteiger partial charge in [0.25, 0.3) is 0 Å². The van der Waals surface area contributed by atoms with Crippen LogP contribution < -0.4 is 0 Å². The summed E-state index contributed by atoms with van der Waals surface area (Å²) in [4.78, 5) is 53.7.